The van der Waals surface area contributed by atoms with Crippen LogP contribution in [0.4, 0.5) is 5.69 Å². The highest BCUT2D eigenvalue weighted by atomic mass is 16.6. The van der Waals surface area contributed by atoms with E-state index in [2.05, 4.69) is 19.2 Å². The van der Waals surface area contributed by atoms with Gasteiger partial charge >= 0.3 is 5.69 Å². The molecule has 0 saturated carbocycles. The van der Waals surface area contributed by atoms with E-state index >= 15 is 0 Å². The highest BCUT2D eigenvalue weighted by Crippen LogP contribution is 2.30. The van der Waals surface area contributed by atoms with Crippen LogP contribution in [-0.2, 0) is 0 Å². The minimum Gasteiger partial charge on any atom is -0.490 e. The lowest BCUT2D eigenvalue weighted by molar-refractivity contribution is -0.385. The Morgan fingerprint density at radius 3 is 2.55 bits per heavy atom. The lowest BCUT2D eigenvalue weighted by atomic mass is 10.0. The quantitative estimate of drug-likeness (QED) is 0.615. The molecule has 0 atom stereocenters. The number of nitrogens with zero attached hydrogens (tertiary/aromatic N) is 1. The van der Waals surface area contributed by atoms with Gasteiger partial charge in [-0.15, -0.1) is 0 Å². The van der Waals surface area contributed by atoms with Crippen LogP contribution in [0, 0.1) is 16.0 Å². The van der Waals surface area contributed by atoms with Crippen molar-refractivity contribution in [1.29, 1.82) is 0 Å². The number of nitro groups is 1. The van der Waals surface area contributed by atoms with Gasteiger partial charge in [0.05, 0.1) is 17.6 Å². The normalized spacial score (nSPS) is 10.4. The van der Waals surface area contributed by atoms with Crippen molar-refractivity contribution >= 4 is 11.6 Å². The third-order valence-corrected chi connectivity index (χ3v) is 3.35. The van der Waals surface area contributed by atoms with Gasteiger partial charge in [-0.05, 0) is 12.0 Å². The smallest absolute Gasteiger partial charge is 0.311 e. The van der Waals surface area contributed by atoms with Crippen molar-refractivity contribution in [2.45, 2.75) is 26.7 Å². The Hall–Kier alpha value is -2.11. The number of methoxy groups -OCH3 is 1. The van der Waals surface area contributed by atoms with Crippen LogP contribution in [-0.4, -0.2) is 24.5 Å². The van der Waals surface area contributed by atoms with E-state index in [-0.39, 0.29) is 22.9 Å². The Bertz CT molecular complexity index is 484. The van der Waals surface area contributed by atoms with Crippen molar-refractivity contribution in [3.8, 4) is 5.75 Å². The van der Waals surface area contributed by atoms with Crippen LogP contribution in [0.15, 0.2) is 18.2 Å². The Balaban J connectivity index is 2.93. The largest absolute Gasteiger partial charge is 0.490 e. The Labute approximate surface area is 118 Å². The summed E-state index contributed by atoms with van der Waals surface area (Å²) in [6.07, 6.45) is 1.95. The zero-order chi connectivity index (χ0) is 15.1. The first-order chi connectivity index (χ1) is 9.54. The van der Waals surface area contributed by atoms with E-state index < -0.39 is 4.92 Å². The molecule has 0 aromatic heterocycles. The van der Waals surface area contributed by atoms with Crippen molar-refractivity contribution in [1.82, 2.24) is 5.32 Å². The number of hydrogen-bond acceptors (Lipinski definition) is 4. The van der Waals surface area contributed by atoms with E-state index in [1.807, 2.05) is 0 Å². The minimum absolute atomic E-state index is 0.000420. The van der Waals surface area contributed by atoms with E-state index in [4.69, 9.17) is 4.74 Å². The summed E-state index contributed by atoms with van der Waals surface area (Å²) in [4.78, 5) is 22.5. The molecule has 0 heterocycles. The van der Waals surface area contributed by atoms with Gasteiger partial charge in [-0.2, -0.15) is 0 Å². The fourth-order valence-electron chi connectivity index (χ4n) is 1.97. The fourth-order valence-corrected chi connectivity index (χ4v) is 1.97. The topological polar surface area (TPSA) is 81.5 Å². The molecule has 6 heteroatoms. The first kappa shape index (κ1) is 15.9. The van der Waals surface area contributed by atoms with Gasteiger partial charge in [0, 0.05) is 12.6 Å². The van der Waals surface area contributed by atoms with E-state index in [1.165, 1.54) is 25.3 Å². The molecule has 0 radical (unpaired) electrons. The summed E-state index contributed by atoms with van der Waals surface area (Å²) in [5.41, 5.74) is -0.0182. The second kappa shape index (κ2) is 7.47. The van der Waals surface area contributed by atoms with Crippen molar-refractivity contribution in [2.24, 2.45) is 5.92 Å². The van der Waals surface area contributed by atoms with E-state index in [0.29, 0.717) is 12.5 Å². The Morgan fingerprint density at radius 2 is 2.05 bits per heavy atom. The van der Waals surface area contributed by atoms with Crippen molar-refractivity contribution in [2.75, 3.05) is 13.7 Å². The van der Waals surface area contributed by atoms with Gasteiger partial charge < -0.3 is 10.1 Å². The highest BCUT2D eigenvalue weighted by Gasteiger charge is 2.22. The molecule has 0 bridgehead atoms. The lowest BCUT2D eigenvalue weighted by Gasteiger charge is -2.14. The zero-order valence-electron chi connectivity index (χ0n) is 12.0. The van der Waals surface area contributed by atoms with Crippen molar-refractivity contribution in [3.05, 3.63) is 33.9 Å². The van der Waals surface area contributed by atoms with E-state index in [0.717, 1.165) is 12.8 Å². The number of benzene rings is 1. The first-order valence-electron chi connectivity index (χ1n) is 6.64. The van der Waals surface area contributed by atoms with E-state index in [1.54, 1.807) is 0 Å². The standard InChI is InChI=1S/C14H20N2O4/c1-4-10(5-2)9-15-14(17)11-7-6-8-12(16(18)19)13(11)20-3/h6-8,10H,4-5,9H2,1-3H3,(H,15,17). The Morgan fingerprint density at radius 1 is 1.40 bits per heavy atom. The fraction of sp³-hybridized carbons (Fsp3) is 0.500. The van der Waals surface area contributed by atoms with Crippen LogP contribution in [0.25, 0.3) is 0 Å². The second-order valence-corrected chi connectivity index (χ2v) is 4.51. The highest BCUT2D eigenvalue weighted by molar-refractivity contribution is 5.98. The van der Waals surface area contributed by atoms with Crippen LogP contribution < -0.4 is 10.1 Å². The molecule has 110 valence electrons. The maximum Gasteiger partial charge on any atom is 0.311 e. The van der Waals surface area contributed by atoms with Crippen LogP contribution in [0.2, 0.25) is 0 Å². The summed E-state index contributed by atoms with van der Waals surface area (Å²) in [5.74, 6) is 0.0561. The molecule has 1 aromatic rings. The van der Waals surface area contributed by atoms with Crippen LogP contribution in [0.1, 0.15) is 37.0 Å². The van der Waals surface area contributed by atoms with Gasteiger partial charge in [0.15, 0.2) is 0 Å². The molecule has 20 heavy (non-hydrogen) atoms. The molecule has 6 nitrogen and oxygen atoms in total. The summed E-state index contributed by atoms with van der Waals surface area (Å²) < 4.78 is 5.02. The van der Waals surface area contributed by atoms with Crippen LogP contribution in [0.5, 0.6) is 5.75 Å². The van der Waals surface area contributed by atoms with Crippen LogP contribution >= 0.6 is 0 Å². The van der Waals surface area contributed by atoms with Crippen LogP contribution in [0.3, 0.4) is 0 Å². The predicted molar refractivity (Wildman–Crippen MR) is 76.1 cm³/mol. The van der Waals surface area contributed by atoms with Gasteiger partial charge in [-0.25, -0.2) is 0 Å². The molecular weight excluding hydrogens is 260 g/mol. The SMILES string of the molecule is CCC(CC)CNC(=O)c1cccc([N+](=O)[O-])c1OC. The van der Waals surface area contributed by atoms with Gasteiger partial charge in [-0.1, -0.05) is 32.8 Å². The number of rotatable bonds is 7. The molecule has 0 saturated heterocycles. The molecule has 0 aliphatic carbocycles. The number of carbonyl (C=O) groups excluding carboxylic acids is 1. The van der Waals surface area contributed by atoms with Gasteiger partial charge in [0.2, 0.25) is 5.75 Å². The molecule has 1 N–H and O–H groups in total. The Kier molecular flexibility index (Phi) is 5.96. The number of hydrogen-bond donors (Lipinski definition) is 1. The summed E-state index contributed by atoms with van der Waals surface area (Å²) in [6, 6.07) is 4.32. The lowest BCUT2D eigenvalue weighted by Crippen LogP contribution is -2.29. The van der Waals surface area contributed by atoms with Gasteiger partial charge in [0.25, 0.3) is 5.91 Å². The predicted octanol–water partition coefficient (Wildman–Crippen LogP) is 2.77. The van der Waals surface area contributed by atoms with Crippen molar-refractivity contribution in [3.63, 3.8) is 0 Å². The second-order valence-electron chi connectivity index (χ2n) is 4.51. The monoisotopic (exact) mass is 280 g/mol. The minimum atomic E-state index is -0.559. The maximum atomic E-state index is 12.1. The first-order valence-corrected chi connectivity index (χ1v) is 6.64. The molecule has 1 rings (SSSR count). The number of ether oxygens (including phenoxy) is 1. The molecular formula is C14H20N2O4. The number of nitro benzene ring substituents is 1. The summed E-state index contributed by atoms with van der Waals surface area (Å²) in [6.45, 7) is 4.68. The molecule has 0 fully saturated rings. The number of carbonyl (C=O) groups is 1. The maximum absolute atomic E-state index is 12.1. The number of para-hydroxylation sites is 1. The zero-order valence-corrected chi connectivity index (χ0v) is 12.0. The third-order valence-electron chi connectivity index (χ3n) is 3.35. The molecule has 0 aliphatic rings. The van der Waals surface area contributed by atoms with E-state index in [9.17, 15) is 14.9 Å². The summed E-state index contributed by atoms with van der Waals surface area (Å²) in [7, 11) is 1.32. The third kappa shape index (κ3) is 3.69. The van der Waals surface area contributed by atoms with Crippen molar-refractivity contribution < 1.29 is 14.5 Å². The summed E-state index contributed by atoms with van der Waals surface area (Å²) >= 11 is 0. The van der Waals surface area contributed by atoms with Gasteiger partial charge in [-0.3, -0.25) is 14.9 Å². The number of amides is 1. The molecule has 1 amide bonds. The average Bonchev–Trinajstić information content (AvgIpc) is 2.46. The molecule has 0 aliphatic heterocycles. The molecule has 1 aromatic carbocycles. The summed E-state index contributed by atoms with van der Waals surface area (Å²) in [5, 5.41) is 13.7. The molecule has 0 spiro atoms. The average molecular weight is 280 g/mol. The van der Waals surface area contributed by atoms with Gasteiger partial charge in [0.1, 0.15) is 0 Å². The number of nitrogens with one attached hydrogen (secondary N) is 1. The molecule has 0 unspecified atom stereocenters.